The van der Waals surface area contributed by atoms with E-state index in [1.54, 1.807) is 23.1 Å². The number of benzene rings is 2. The molecule has 0 fully saturated rings. The average molecular weight is 399 g/mol. The van der Waals surface area contributed by atoms with E-state index in [0.29, 0.717) is 18.5 Å². The number of hydrogen-bond donors (Lipinski definition) is 1. The molecule has 29 heavy (non-hydrogen) atoms. The Balaban J connectivity index is 2.29. The number of halogens is 1. The number of rotatable bonds is 9. The first kappa shape index (κ1) is 22.6. The van der Waals surface area contributed by atoms with Gasteiger partial charge in [-0.1, -0.05) is 61.9 Å². The molecule has 0 spiro atoms. The number of carbonyl (C=O) groups is 2. The predicted molar refractivity (Wildman–Crippen MR) is 114 cm³/mol. The van der Waals surface area contributed by atoms with Crippen LogP contribution >= 0.6 is 0 Å². The van der Waals surface area contributed by atoms with E-state index in [9.17, 15) is 14.0 Å². The summed E-state index contributed by atoms with van der Waals surface area (Å²) in [5, 5.41) is 2.98. The van der Waals surface area contributed by atoms with Crippen molar-refractivity contribution < 1.29 is 14.0 Å². The number of amides is 2. The molecule has 0 bridgehead atoms. The van der Waals surface area contributed by atoms with E-state index in [2.05, 4.69) is 5.32 Å². The fraction of sp³-hybridized carbons (Fsp3) is 0.417. The van der Waals surface area contributed by atoms with Gasteiger partial charge in [0.15, 0.2) is 0 Å². The van der Waals surface area contributed by atoms with Gasteiger partial charge in [-0.25, -0.2) is 4.39 Å². The van der Waals surface area contributed by atoms with Crippen molar-refractivity contribution in [1.29, 1.82) is 0 Å². The lowest BCUT2D eigenvalue weighted by molar-refractivity contribution is -0.141. The van der Waals surface area contributed by atoms with Gasteiger partial charge in [-0.2, -0.15) is 0 Å². The minimum Gasteiger partial charge on any atom is -0.352 e. The molecule has 4 nitrogen and oxygen atoms in total. The third-order valence-corrected chi connectivity index (χ3v) is 5.16. The van der Waals surface area contributed by atoms with E-state index in [4.69, 9.17) is 0 Å². The van der Waals surface area contributed by atoms with Gasteiger partial charge in [0, 0.05) is 12.6 Å². The van der Waals surface area contributed by atoms with E-state index in [-0.39, 0.29) is 24.3 Å². The molecule has 0 unspecified atom stereocenters. The highest BCUT2D eigenvalue weighted by atomic mass is 19.1. The highest BCUT2D eigenvalue weighted by Gasteiger charge is 2.29. The minimum atomic E-state index is -0.607. The van der Waals surface area contributed by atoms with Gasteiger partial charge in [0.1, 0.15) is 11.9 Å². The van der Waals surface area contributed by atoms with Crippen molar-refractivity contribution in [3.8, 4) is 0 Å². The monoisotopic (exact) mass is 398 g/mol. The molecular formula is C24H31FN2O2. The molecule has 0 aliphatic heterocycles. The highest BCUT2D eigenvalue weighted by Crippen LogP contribution is 2.17. The van der Waals surface area contributed by atoms with Gasteiger partial charge in [-0.3, -0.25) is 9.59 Å². The zero-order valence-electron chi connectivity index (χ0n) is 17.7. The molecule has 2 atom stereocenters. The van der Waals surface area contributed by atoms with Gasteiger partial charge in [-0.05, 0) is 43.9 Å². The topological polar surface area (TPSA) is 49.4 Å². The minimum absolute atomic E-state index is 0.0273. The second-order valence-electron chi connectivity index (χ2n) is 7.52. The standard InChI is InChI=1S/C24H31FN2O2/c1-5-18(4)26-24(29)22(6-2)27(16-19-13-11-17(3)12-14-19)23(28)15-20-9-7-8-10-21(20)25/h7-14,18,22H,5-6,15-16H2,1-4H3,(H,26,29)/t18-,22-/m1/s1. The molecule has 2 rings (SSSR count). The van der Waals surface area contributed by atoms with Crippen molar-refractivity contribution in [2.45, 2.75) is 65.6 Å². The molecule has 2 aromatic rings. The van der Waals surface area contributed by atoms with Crippen molar-refractivity contribution in [3.63, 3.8) is 0 Å². The highest BCUT2D eigenvalue weighted by molar-refractivity contribution is 5.88. The van der Waals surface area contributed by atoms with Gasteiger partial charge >= 0.3 is 0 Å². The van der Waals surface area contributed by atoms with Gasteiger partial charge in [0.2, 0.25) is 11.8 Å². The summed E-state index contributed by atoms with van der Waals surface area (Å²) in [5.41, 5.74) is 2.40. The SMILES string of the molecule is CC[C@@H](C)NC(=O)[C@@H](CC)N(Cc1ccc(C)cc1)C(=O)Cc1ccccc1F. The molecule has 2 aromatic carbocycles. The molecule has 0 aliphatic carbocycles. The molecule has 0 radical (unpaired) electrons. The van der Waals surface area contributed by atoms with Crippen LogP contribution in [0.4, 0.5) is 4.39 Å². The molecule has 0 saturated carbocycles. The van der Waals surface area contributed by atoms with E-state index < -0.39 is 11.9 Å². The number of hydrogen-bond acceptors (Lipinski definition) is 2. The van der Waals surface area contributed by atoms with E-state index in [1.165, 1.54) is 6.07 Å². The second kappa shape index (κ2) is 10.7. The summed E-state index contributed by atoms with van der Waals surface area (Å²) in [6.07, 6.45) is 1.21. The lowest BCUT2D eigenvalue weighted by atomic mass is 10.1. The first-order valence-corrected chi connectivity index (χ1v) is 10.2. The largest absolute Gasteiger partial charge is 0.352 e. The van der Waals surface area contributed by atoms with E-state index in [1.807, 2.05) is 52.0 Å². The number of aryl methyl sites for hydroxylation is 1. The summed E-state index contributed by atoms with van der Waals surface area (Å²) in [6.45, 7) is 8.13. The molecule has 156 valence electrons. The van der Waals surface area contributed by atoms with Crippen LogP contribution in [0.3, 0.4) is 0 Å². The van der Waals surface area contributed by atoms with Crippen LogP contribution in [0.5, 0.6) is 0 Å². The Labute approximate surface area is 173 Å². The normalized spacial score (nSPS) is 12.9. The van der Waals surface area contributed by atoms with Crippen LogP contribution in [0, 0.1) is 12.7 Å². The quantitative estimate of drug-likeness (QED) is 0.681. The van der Waals surface area contributed by atoms with Crippen LogP contribution in [-0.2, 0) is 22.6 Å². The Bertz CT molecular complexity index is 820. The molecule has 5 heteroatoms. The molecular weight excluding hydrogens is 367 g/mol. The molecule has 1 N–H and O–H groups in total. The summed E-state index contributed by atoms with van der Waals surface area (Å²) in [4.78, 5) is 27.6. The van der Waals surface area contributed by atoms with Crippen molar-refractivity contribution in [1.82, 2.24) is 10.2 Å². The summed E-state index contributed by atoms with van der Waals surface area (Å²) in [5.74, 6) is -0.842. The fourth-order valence-corrected chi connectivity index (χ4v) is 3.16. The van der Waals surface area contributed by atoms with Crippen molar-refractivity contribution >= 4 is 11.8 Å². The maximum atomic E-state index is 14.1. The average Bonchev–Trinajstić information content (AvgIpc) is 2.70. The maximum Gasteiger partial charge on any atom is 0.243 e. The summed E-state index contributed by atoms with van der Waals surface area (Å²) >= 11 is 0. The van der Waals surface area contributed by atoms with Crippen LogP contribution < -0.4 is 5.32 Å². The number of nitrogens with one attached hydrogen (secondary N) is 1. The van der Waals surface area contributed by atoms with Crippen molar-refractivity contribution in [3.05, 3.63) is 71.0 Å². The van der Waals surface area contributed by atoms with Crippen LogP contribution in [0.25, 0.3) is 0 Å². The third kappa shape index (κ3) is 6.41. The fourth-order valence-electron chi connectivity index (χ4n) is 3.16. The van der Waals surface area contributed by atoms with Crippen molar-refractivity contribution in [2.75, 3.05) is 0 Å². The van der Waals surface area contributed by atoms with Crippen LogP contribution in [0.15, 0.2) is 48.5 Å². The molecule has 0 aliphatic rings. The first-order chi connectivity index (χ1) is 13.8. The second-order valence-corrected chi connectivity index (χ2v) is 7.52. The maximum absolute atomic E-state index is 14.1. The van der Waals surface area contributed by atoms with Gasteiger partial charge < -0.3 is 10.2 Å². The van der Waals surface area contributed by atoms with Gasteiger partial charge in [0.25, 0.3) is 0 Å². The van der Waals surface area contributed by atoms with Crippen LogP contribution in [0.1, 0.15) is 50.3 Å². The Morgan fingerprint density at radius 2 is 1.69 bits per heavy atom. The van der Waals surface area contributed by atoms with Crippen LogP contribution in [-0.4, -0.2) is 28.8 Å². The zero-order chi connectivity index (χ0) is 21.4. The first-order valence-electron chi connectivity index (χ1n) is 10.2. The van der Waals surface area contributed by atoms with Crippen molar-refractivity contribution in [2.24, 2.45) is 0 Å². The Morgan fingerprint density at radius 1 is 1.03 bits per heavy atom. The predicted octanol–water partition coefficient (Wildman–Crippen LogP) is 4.40. The molecule has 0 aromatic heterocycles. The lowest BCUT2D eigenvalue weighted by Gasteiger charge is -2.31. The molecule has 0 heterocycles. The smallest absolute Gasteiger partial charge is 0.243 e. The Morgan fingerprint density at radius 3 is 2.28 bits per heavy atom. The van der Waals surface area contributed by atoms with E-state index >= 15 is 0 Å². The lowest BCUT2D eigenvalue weighted by Crippen LogP contribution is -2.51. The Hall–Kier alpha value is -2.69. The van der Waals surface area contributed by atoms with Crippen LogP contribution in [0.2, 0.25) is 0 Å². The van der Waals surface area contributed by atoms with E-state index in [0.717, 1.165) is 17.5 Å². The number of carbonyl (C=O) groups excluding carboxylic acids is 2. The number of nitrogens with zero attached hydrogens (tertiary/aromatic N) is 1. The molecule has 0 saturated heterocycles. The third-order valence-electron chi connectivity index (χ3n) is 5.16. The summed E-state index contributed by atoms with van der Waals surface area (Å²) in [6, 6.07) is 13.6. The summed E-state index contributed by atoms with van der Waals surface area (Å²) < 4.78 is 14.1. The molecule has 2 amide bonds. The zero-order valence-corrected chi connectivity index (χ0v) is 17.7. The summed E-state index contributed by atoms with van der Waals surface area (Å²) in [7, 11) is 0. The Kier molecular flexibility index (Phi) is 8.37. The van der Waals surface area contributed by atoms with Gasteiger partial charge in [-0.15, -0.1) is 0 Å². The van der Waals surface area contributed by atoms with Gasteiger partial charge in [0.05, 0.1) is 6.42 Å².